The molecule has 1 aliphatic rings. The van der Waals surface area contributed by atoms with Gasteiger partial charge in [0, 0.05) is 6.42 Å². The molecule has 5 heteroatoms. The molecule has 112 valence electrons. The Morgan fingerprint density at radius 1 is 1.05 bits per heavy atom. The Labute approximate surface area is 130 Å². The fraction of sp³-hybridized carbons (Fsp3) is 0.235. The lowest BCUT2D eigenvalue weighted by Gasteiger charge is -2.19. The Morgan fingerprint density at radius 3 is 2.45 bits per heavy atom. The first-order valence-electron chi connectivity index (χ1n) is 7.16. The molecule has 1 aliphatic heterocycles. The smallest absolute Gasteiger partial charge is 0.242 e. The Bertz CT molecular complexity index is 810. The molecule has 0 fully saturated rings. The minimum Gasteiger partial charge on any atom is -0.265 e. The summed E-state index contributed by atoms with van der Waals surface area (Å²) in [5.74, 6) is 0. The van der Waals surface area contributed by atoms with E-state index in [0.29, 0.717) is 13.0 Å². The van der Waals surface area contributed by atoms with E-state index in [0.717, 1.165) is 16.8 Å². The van der Waals surface area contributed by atoms with Crippen LogP contribution in [-0.4, -0.2) is 8.42 Å². The van der Waals surface area contributed by atoms with E-state index >= 15 is 0 Å². The van der Waals surface area contributed by atoms with E-state index in [1.54, 1.807) is 0 Å². The number of benzene rings is 2. The lowest BCUT2D eigenvalue weighted by atomic mass is 10.1. The number of anilines is 1. The molecule has 0 radical (unpaired) electrons. The van der Waals surface area contributed by atoms with Crippen molar-refractivity contribution in [2.45, 2.75) is 24.6 Å². The van der Waals surface area contributed by atoms with Crippen molar-refractivity contribution in [2.24, 2.45) is 0 Å². The number of nitrogens with zero attached hydrogens (tertiary/aromatic N) is 2. The summed E-state index contributed by atoms with van der Waals surface area (Å²) in [5.41, 5.74) is 2.48. The van der Waals surface area contributed by atoms with Crippen LogP contribution in [0.3, 0.4) is 0 Å². The van der Waals surface area contributed by atoms with Gasteiger partial charge in [-0.1, -0.05) is 48.5 Å². The van der Waals surface area contributed by atoms with Gasteiger partial charge < -0.3 is 0 Å². The molecule has 0 saturated heterocycles. The van der Waals surface area contributed by atoms with E-state index in [1.165, 1.54) is 4.31 Å². The van der Waals surface area contributed by atoms with Gasteiger partial charge in [0.2, 0.25) is 10.0 Å². The Kier molecular flexibility index (Phi) is 3.86. The maximum absolute atomic E-state index is 12.9. The first kappa shape index (κ1) is 14.6. The van der Waals surface area contributed by atoms with Gasteiger partial charge in [-0.05, 0) is 23.6 Å². The van der Waals surface area contributed by atoms with Crippen LogP contribution < -0.4 is 4.31 Å². The number of hydrogen-bond donors (Lipinski definition) is 0. The second-order valence-electron chi connectivity index (χ2n) is 5.28. The van der Waals surface area contributed by atoms with Crippen LogP contribution in [-0.2, 0) is 16.6 Å². The molecule has 0 saturated carbocycles. The first-order chi connectivity index (χ1) is 10.6. The molecular weight excluding hydrogens is 296 g/mol. The number of nitriles is 1. The van der Waals surface area contributed by atoms with Gasteiger partial charge in [-0.3, -0.25) is 4.31 Å². The van der Waals surface area contributed by atoms with Crippen LogP contribution in [0, 0.1) is 11.3 Å². The predicted octanol–water partition coefficient (Wildman–Crippen LogP) is 3.38. The van der Waals surface area contributed by atoms with Crippen LogP contribution >= 0.6 is 0 Å². The minimum absolute atomic E-state index is 0.234. The SMILES string of the molecule is N#CCCC1c2ccccc2N(Cc2ccccc2)S1(=O)=O. The molecule has 0 bridgehead atoms. The highest BCUT2D eigenvalue weighted by atomic mass is 32.2. The lowest BCUT2D eigenvalue weighted by Crippen LogP contribution is -2.28. The molecule has 0 N–H and O–H groups in total. The lowest BCUT2D eigenvalue weighted by molar-refractivity contribution is 0.577. The molecule has 0 aliphatic carbocycles. The van der Waals surface area contributed by atoms with E-state index in [1.807, 2.05) is 60.7 Å². The molecule has 0 aromatic heterocycles. The standard InChI is InChI=1S/C17H16N2O2S/c18-12-6-11-17-15-9-4-5-10-16(15)19(22(17,20)21)13-14-7-2-1-3-8-14/h1-5,7-10,17H,6,11,13H2. The third-order valence-electron chi connectivity index (χ3n) is 3.91. The van der Waals surface area contributed by atoms with Crippen LogP contribution in [0.15, 0.2) is 54.6 Å². The summed E-state index contributed by atoms with van der Waals surface area (Å²) in [6.07, 6.45) is 0.568. The van der Waals surface area contributed by atoms with E-state index in [4.69, 9.17) is 5.26 Å². The molecule has 4 nitrogen and oxygen atoms in total. The highest BCUT2D eigenvalue weighted by Gasteiger charge is 2.42. The Hall–Kier alpha value is -2.32. The quantitative estimate of drug-likeness (QED) is 0.869. The maximum Gasteiger partial charge on any atom is 0.242 e. The molecule has 2 aromatic rings. The summed E-state index contributed by atoms with van der Waals surface area (Å²) < 4.78 is 27.2. The zero-order valence-corrected chi connectivity index (χ0v) is 12.8. The van der Waals surface area contributed by atoms with Crippen molar-refractivity contribution in [3.8, 4) is 6.07 Å². The molecule has 2 aromatic carbocycles. The van der Waals surface area contributed by atoms with E-state index in [2.05, 4.69) is 0 Å². The van der Waals surface area contributed by atoms with Crippen molar-refractivity contribution < 1.29 is 8.42 Å². The molecule has 22 heavy (non-hydrogen) atoms. The summed E-state index contributed by atoms with van der Waals surface area (Å²) in [6.45, 7) is 0.323. The van der Waals surface area contributed by atoms with Gasteiger partial charge in [-0.15, -0.1) is 0 Å². The van der Waals surface area contributed by atoms with Crippen molar-refractivity contribution >= 4 is 15.7 Å². The fourth-order valence-electron chi connectivity index (χ4n) is 2.86. The van der Waals surface area contributed by atoms with E-state index in [-0.39, 0.29) is 6.42 Å². The number of rotatable bonds is 4. The minimum atomic E-state index is -3.48. The summed E-state index contributed by atoms with van der Waals surface area (Å²) in [7, 11) is -3.48. The van der Waals surface area contributed by atoms with Crippen LogP contribution in [0.5, 0.6) is 0 Å². The third kappa shape index (κ3) is 2.46. The zero-order chi connectivity index (χ0) is 15.6. The molecule has 0 amide bonds. The monoisotopic (exact) mass is 312 g/mol. The highest BCUT2D eigenvalue weighted by molar-refractivity contribution is 7.93. The van der Waals surface area contributed by atoms with E-state index in [9.17, 15) is 8.42 Å². The molecule has 3 rings (SSSR count). The van der Waals surface area contributed by atoms with Gasteiger partial charge in [-0.25, -0.2) is 8.42 Å². The van der Waals surface area contributed by atoms with Gasteiger partial charge >= 0.3 is 0 Å². The third-order valence-corrected chi connectivity index (χ3v) is 6.06. The molecule has 1 heterocycles. The van der Waals surface area contributed by atoms with E-state index < -0.39 is 15.3 Å². The second-order valence-corrected chi connectivity index (χ2v) is 7.32. The molecule has 0 spiro atoms. The van der Waals surface area contributed by atoms with Crippen molar-refractivity contribution in [3.63, 3.8) is 0 Å². The fourth-order valence-corrected chi connectivity index (χ4v) is 4.88. The number of sulfonamides is 1. The normalized spacial score (nSPS) is 18.7. The molecular formula is C17H16N2O2S. The Morgan fingerprint density at radius 2 is 1.73 bits per heavy atom. The average molecular weight is 312 g/mol. The van der Waals surface area contributed by atoms with Crippen LogP contribution in [0.2, 0.25) is 0 Å². The number of hydrogen-bond acceptors (Lipinski definition) is 3. The van der Waals surface area contributed by atoms with Gasteiger partial charge in [0.25, 0.3) is 0 Å². The maximum atomic E-state index is 12.9. The summed E-state index contributed by atoms with van der Waals surface area (Å²) in [5, 5.41) is 8.17. The van der Waals surface area contributed by atoms with Gasteiger partial charge in [0.15, 0.2) is 0 Å². The molecule has 1 atom stereocenters. The number of para-hydroxylation sites is 1. The largest absolute Gasteiger partial charge is 0.265 e. The van der Waals surface area contributed by atoms with Crippen molar-refractivity contribution in [1.29, 1.82) is 5.26 Å². The summed E-state index contributed by atoms with van der Waals surface area (Å²) >= 11 is 0. The van der Waals surface area contributed by atoms with Gasteiger partial charge in [0.05, 0.1) is 18.3 Å². The second kappa shape index (κ2) is 5.82. The van der Waals surface area contributed by atoms with Crippen molar-refractivity contribution in [1.82, 2.24) is 0 Å². The first-order valence-corrected chi connectivity index (χ1v) is 8.66. The summed E-state index contributed by atoms with van der Waals surface area (Å²) in [6, 6.07) is 19.0. The topological polar surface area (TPSA) is 61.2 Å². The van der Waals surface area contributed by atoms with Crippen LogP contribution in [0.25, 0.3) is 0 Å². The average Bonchev–Trinajstić information content (AvgIpc) is 2.74. The van der Waals surface area contributed by atoms with Gasteiger partial charge in [-0.2, -0.15) is 5.26 Å². The number of fused-ring (bicyclic) bond motifs is 1. The van der Waals surface area contributed by atoms with Crippen LogP contribution in [0.4, 0.5) is 5.69 Å². The molecule has 1 unspecified atom stereocenters. The highest BCUT2D eigenvalue weighted by Crippen LogP contribution is 2.45. The van der Waals surface area contributed by atoms with Crippen molar-refractivity contribution in [3.05, 3.63) is 65.7 Å². The van der Waals surface area contributed by atoms with Gasteiger partial charge in [0.1, 0.15) is 5.25 Å². The van der Waals surface area contributed by atoms with Crippen molar-refractivity contribution in [2.75, 3.05) is 4.31 Å². The Balaban J connectivity index is 2.01. The zero-order valence-electron chi connectivity index (χ0n) is 12.0. The van der Waals surface area contributed by atoms with Crippen LogP contribution in [0.1, 0.15) is 29.2 Å². The predicted molar refractivity (Wildman–Crippen MR) is 85.6 cm³/mol. The summed E-state index contributed by atoms with van der Waals surface area (Å²) in [4.78, 5) is 0.